The Labute approximate surface area is 202 Å². The molecule has 34 heavy (non-hydrogen) atoms. The van der Waals surface area contributed by atoms with Crippen molar-refractivity contribution < 1.29 is 4.79 Å². The van der Waals surface area contributed by atoms with Gasteiger partial charge in [0.1, 0.15) is 11.6 Å². The summed E-state index contributed by atoms with van der Waals surface area (Å²) in [5, 5.41) is 11.9. The zero-order valence-corrected chi connectivity index (χ0v) is 20.7. The molecule has 4 rings (SSSR count). The van der Waals surface area contributed by atoms with Crippen LogP contribution in [0.2, 0.25) is 0 Å². The van der Waals surface area contributed by atoms with Crippen molar-refractivity contribution in [3.63, 3.8) is 0 Å². The number of piperidine rings is 1. The van der Waals surface area contributed by atoms with Gasteiger partial charge in [0.25, 0.3) is 0 Å². The molecule has 1 fully saturated rings. The molecule has 0 radical (unpaired) electrons. The maximum absolute atomic E-state index is 12.9. The van der Waals surface area contributed by atoms with Crippen molar-refractivity contribution in [2.75, 3.05) is 23.7 Å². The standard InChI is InChI=1S/C27H36N6O/c1-17(2)5-8-23-22-7-6-20(24-15-29-16-26(32-24)30-18(3)4)13-21(22)14-25(31-23)33-27(34)19-9-11-28-12-10-19/h6-7,13-19,28H,5,8-12H2,1-4H3,(H,30,32)(H,31,33,34). The highest BCUT2D eigenvalue weighted by Crippen LogP contribution is 2.29. The average Bonchev–Trinajstić information content (AvgIpc) is 2.82. The number of aromatic nitrogens is 3. The highest BCUT2D eigenvalue weighted by Gasteiger charge is 2.21. The van der Waals surface area contributed by atoms with E-state index in [1.165, 1.54) is 0 Å². The SMILES string of the molecule is CC(C)CCc1nc(NC(=O)C2CCNCC2)cc2cc(-c3cncc(NC(C)C)n3)ccc12. The van der Waals surface area contributed by atoms with Crippen LogP contribution in [0.25, 0.3) is 22.0 Å². The zero-order chi connectivity index (χ0) is 24.1. The summed E-state index contributed by atoms with van der Waals surface area (Å²) in [7, 11) is 0. The molecular formula is C27H36N6O. The molecule has 7 nitrogen and oxygen atoms in total. The number of rotatable bonds is 8. The number of aryl methyl sites for hydroxylation is 1. The maximum Gasteiger partial charge on any atom is 0.228 e. The first-order chi connectivity index (χ1) is 16.4. The molecule has 0 unspecified atom stereocenters. The largest absolute Gasteiger partial charge is 0.367 e. The molecule has 1 saturated heterocycles. The number of carbonyl (C=O) groups excluding carboxylic acids is 1. The first-order valence-corrected chi connectivity index (χ1v) is 12.4. The van der Waals surface area contributed by atoms with E-state index in [0.717, 1.165) is 72.3 Å². The fraction of sp³-hybridized carbons (Fsp3) is 0.481. The fourth-order valence-electron chi connectivity index (χ4n) is 4.35. The smallest absolute Gasteiger partial charge is 0.228 e. The van der Waals surface area contributed by atoms with Crippen molar-refractivity contribution in [2.24, 2.45) is 11.8 Å². The van der Waals surface area contributed by atoms with Crippen LogP contribution in [-0.2, 0) is 11.2 Å². The maximum atomic E-state index is 12.9. The van der Waals surface area contributed by atoms with E-state index in [4.69, 9.17) is 9.97 Å². The van der Waals surface area contributed by atoms with Crippen molar-refractivity contribution in [3.8, 4) is 11.3 Å². The van der Waals surface area contributed by atoms with E-state index in [-0.39, 0.29) is 17.9 Å². The van der Waals surface area contributed by atoms with Crippen LogP contribution in [0.1, 0.15) is 52.7 Å². The third-order valence-electron chi connectivity index (χ3n) is 6.20. The summed E-state index contributed by atoms with van der Waals surface area (Å²) in [6.07, 6.45) is 7.18. The van der Waals surface area contributed by atoms with Gasteiger partial charge in [-0.2, -0.15) is 0 Å². The lowest BCUT2D eigenvalue weighted by molar-refractivity contribution is -0.120. The Morgan fingerprint density at radius 3 is 2.59 bits per heavy atom. The first kappa shape index (κ1) is 24.1. The van der Waals surface area contributed by atoms with Crippen LogP contribution in [0.4, 0.5) is 11.6 Å². The predicted octanol–water partition coefficient (Wildman–Crippen LogP) is 5.04. The molecule has 0 atom stereocenters. The summed E-state index contributed by atoms with van der Waals surface area (Å²) in [6.45, 7) is 10.4. The van der Waals surface area contributed by atoms with Gasteiger partial charge in [0.05, 0.1) is 23.8 Å². The molecule has 1 aromatic carbocycles. The number of nitrogens with one attached hydrogen (secondary N) is 3. The van der Waals surface area contributed by atoms with Gasteiger partial charge in [0, 0.05) is 22.9 Å². The lowest BCUT2D eigenvalue weighted by Gasteiger charge is -2.22. The Morgan fingerprint density at radius 2 is 1.85 bits per heavy atom. The van der Waals surface area contributed by atoms with Crippen LogP contribution in [0.3, 0.4) is 0 Å². The molecule has 1 aliphatic heterocycles. The monoisotopic (exact) mass is 460 g/mol. The second-order valence-electron chi connectivity index (χ2n) is 9.92. The lowest BCUT2D eigenvalue weighted by Crippen LogP contribution is -2.34. The van der Waals surface area contributed by atoms with Crippen molar-refractivity contribution in [2.45, 2.75) is 59.4 Å². The van der Waals surface area contributed by atoms with Gasteiger partial charge >= 0.3 is 0 Å². The number of hydrogen-bond acceptors (Lipinski definition) is 6. The minimum Gasteiger partial charge on any atom is -0.367 e. The van der Waals surface area contributed by atoms with Gasteiger partial charge in [0.2, 0.25) is 5.91 Å². The third kappa shape index (κ3) is 6.08. The van der Waals surface area contributed by atoms with E-state index in [9.17, 15) is 4.79 Å². The zero-order valence-electron chi connectivity index (χ0n) is 20.7. The van der Waals surface area contributed by atoms with Crippen molar-refractivity contribution in [1.29, 1.82) is 0 Å². The first-order valence-electron chi connectivity index (χ1n) is 12.4. The molecule has 7 heteroatoms. The summed E-state index contributed by atoms with van der Waals surface area (Å²) >= 11 is 0. The Hall–Kier alpha value is -3.06. The summed E-state index contributed by atoms with van der Waals surface area (Å²) in [5.74, 6) is 2.08. The lowest BCUT2D eigenvalue weighted by atomic mass is 9.97. The van der Waals surface area contributed by atoms with E-state index < -0.39 is 0 Å². The number of hydrogen-bond donors (Lipinski definition) is 3. The van der Waals surface area contributed by atoms with E-state index in [1.807, 2.05) is 6.07 Å². The van der Waals surface area contributed by atoms with Crippen LogP contribution in [0, 0.1) is 11.8 Å². The van der Waals surface area contributed by atoms with Crippen LogP contribution >= 0.6 is 0 Å². The number of benzene rings is 1. The Bertz CT molecular complexity index is 1140. The summed E-state index contributed by atoms with van der Waals surface area (Å²) in [6, 6.07) is 8.59. The highest BCUT2D eigenvalue weighted by molar-refractivity contribution is 5.96. The molecule has 3 heterocycles. The molecule has 2 aromatic heterocycles. The Balaban J connectivity index is 1.68. The van der Waals surface area contributed by atoms with Crippen LogP contribution in [0.5, 0.6) is 0 Å². The van der Waals surface area contributed by atoms with E-state index in [1.54, 1.807) is 12.4 Å². The predicted molar refractivity (Wildman–Crippen MR) is 139 cm³/mol. The topological polar surface area (TPSA) is 91.8 Å². The normalized spacial score (nSPS) is 14.6. The summed E-state index contributed by atoms with van der Waals surface area (Å²) < 4.78 is 0. The van der Waals surface area contributed by atoms with Crippen molar-refractivity contribution in [3.05, 3.63) is 42.4 Å². The van der Waals surface area contributed by atoms with Crippen LogP contribution in [0.15, 0.2) is 36.7 Å². The molecule has 0 spiro atoms. The second-order valence-corrected chi connectivity index (χ2v) is 9.92. The number of amides is 1. The molecular weight excluding hydrogens is 424 g/mol. The molecule has 1 amide bonds. The van der Waals surface area contributed by atoms with Gasteiger partial charge in [-0.1, -0.05) is 26.0 Å². The molecule has 180 valence electrons. The van der Waals surface area contributed by atoms with Crippen LogP contribution < -0.4 is 16.0 Å². The Morgan fingerprint density at radius 1 is 1.06 bits per heavy atom. The van der Waals surface area contributed by atoms with E-state index in [0.29, 0.717) is 11.7 Å². The molecule has 3 N–H and O–H groups in total. The number of fused-ring (bicyclic) bond motifs is 1. The van der Waals surface area contributed by atoms with Crippen molar-refractivity contribution >= 4 is 28.3 Å². The van der Waals surface area contributed by atoms with E-state index >= 15 is 0 Å². The van der Waals surface area contributed by atoms with Gasteiger partial charge < -0.3 is 16.0 Å². The number of pyridine rings is 1. The second kappa shape index (κ2) is 10.9. The minimum atomic E-state index is 0.0377. The number of carbonyl (C=O) groups is 1. The highest BCUT2D eigenvalue weighted by atomic mass is 16.1. The van der Waals surface area contributed by atoms with Gasteiger partial charge in [-0.05, 0) is 76.1 Å². The van der Waals surface area contributed by atoms with Gasteiger partial charge in [-0.15, -0.1) is 0 Å². The van der Waals surface area contributed by atoms with Crippen molar-refractivity contribution in [1.82, 2.24) is 20.3 Å². The molecule has 0 bridgehead atoms. The summed E-state index contributed by atoms with van der Waals surface area (Å²) in [5.41, 5.74) is 2.83. The molecule has 0 aliphatic carbocycles. The van der Waals surface area contributed by atoms with E-state index in [2.05, 4.69) is 66.8 Å². The van der Waals surface area contributed by atoms with Gasteiger partial charge in [-0.3, -0.25) is 9.78 Å². The van der Waals surface area contributed by atoms with Gasteiger partial charge in [0.15, 0.2) is 0 Å². The summed E-state index contributed by atoms with van der Waals surface area (Å²) in [4.78, 5) is 26.9. The average molecular weight is 461 g/mol. The molecule has 3 aromatic rings. The quantitative estimate of drug-likeness (QED) is 0.436. The third-order valence-corrected chi connectivity index (χ3v) is 6.20. The number of anilines is 2. The number of nitrogens with zero attached hydrogens (tertiary/aromatic N) is 3. The van der Waals surface area contributed by atoms with Gasteiger partial charge in [-0.25, -0.2) is 9.97 Å². The van der Waals surface area contributed by atoms with Crippen LogP contribution in [-0.4, -0.2) is 40.0 Å². The fourth-order valence-corrected chi connectivity index (χ4v) is 4.35. The Kier molecular flexibility index (Phi) is 7.73. The molecule has 1 aliphatic rings. The minimum absolute atomic E-state index is 0.0377. The molecule has 0 saturated carbocycles.